The fourth-order valence-electron chi connectivity index (χ4n) is 2.75. The van der Waals surface area contributed by atoms with Crippen molar-refractivity contribution in [1.82, 2.24) is 0 Å². The highest BCUT2D eigenvalue weighted by Gasteiger charge is 2.29. The molecule has 0 saturated carbocycles. The van der Waals surface area contributed by atoms with Gasteiger partial charge in [-0.15, -0.1) is 0 Å². The smallest absolute Gasteiger partial charge is 0.122 e. The van der Waals surface area contributed by atoms with Gasteiger partial charge in [-0.1, -0.05) is 6.07 Å². The highest BCUT2D eigenvalue weighted by atomic mass is 16.5. The van der Waals surface area contributed by atoms with E-state index in [0.29, 0.717) is 12.0 Å². The van der Waals surface area contributed by atoms with Crippen molar-refractivity contribution < 1.29 is 9.47 Å². The first kappa shape index (κ1) is 13.4. The zero-order valence-corrected chi connectivity index (χ0v) is 11.7. The van der Waals surface area contributed by atoms with Crippen molar-refractivity contribution in [1.29, 1.82) is 0 Å². The number of nitrogens with two attached hydrogens (primary N) is 1. The van der Waals surface area contributed by atoms with Gasteiger partial charge in [0, 0.05) is 12.0 Å². The average molecular weight is 249 g/mol. The summed E-state index contributed by atoms with van der Waals surface area (Å²) in [7, 11) is 1.70. The summed E-state index contributed by atoms with van der Waals surface area (Å²) in [6.07, 6.45) is 1.38. The second-order valence-corrected chi connectivity index (χ2v) is 5.34. The Balaban J connectivity index is 2.25. The van der Waals surface area contributed by atoms with E-state index in [1.807, 2.05) is 0 Å². The molecule has 0 radical (unpaired) electrons. The van der Waals surface area contributed by atoms with Crippen LogP contribution in [0.1, 0.15) is 36.1 Å². The van der Waals surface area contributed by atoms with E-state index in [0.717, 1.165) is 24.3 Å². The second kappa shape index (κ2) is 5.29. The first-order valence-corrected chi connectivity index (χ1v) is 6.55. The van der Waals surface area contributed by atoms with Crippen LogP contribution < -0.4 is 10.5 Å². The molecule has 1 heterocycles. The minimum absolute atomic E-state index is 0.0551. The van der Waals surface area contributed by atoms with Gasteiger partial charge in [0.2, 0.25) is 0 Å². The molecule has 0 amide bonds. The third-order valence-corrected chi connectivity index (χ3v) is 3.88. The molecular formula is C15H23NO2. The van der Waals surface area contributed by atoms with Crippen LogP contribution in [0.15, 0.2) is 12.1 Å². The third-order valence-electron chi connectivity index (χ3n) is 3.88. The highest BCUT2D eigenvalue weighted by Crippen LogP contribution is 2.33. The molecule has 1 aromatic rings. The van der Waals surface area contributed by atoms with E-state index in [1.165, 1.54) is 11.1 Å². The maximum Gasteiger partial charge on any atom is 0.122 e. The molecule has 1 fully saturated rings. The van der Waals surface area contributed by atoms with Gasteiger partial charge < -0.3 is 15.2 Å². The van der Waals surface area contributed by atoms with E-state index >= 15 is 0 Å². The molecule has 1 saturated heterocycles. The van der Waals surface area contributed by atoms with Gasteiger partial charge in [0.05, 0.1) is 19.8 Å². The Morgan fingerprint density at radius 2 is 2.06 bits per heavy atom. The van der Waals surface area contributed by atoms with Crippen molar-refractivity contribution in [3.8, 4) is 5.75 Å². The Morgan fingerprint density at radius 3 is 2.61 bits per heavy atom. The molecule has 3 atom stereocenters. The molecule has 18 heavy (non-hydrogen) atoms. The summed E-state index contributed by atoms with van der Waals surface area (Å²) in [5.74, 6) is 1.35. The number of hydrogen-bond donors (Lipinski definition) is 1. The summed E-state index contributed by atoms with van der Waals surface area (Å²) in [4.78, 5) is 0. The van der Waals surface area contributed by atoms with E-state index in [2.05, 4.69) is 32.9 Å². The van der Waals surface area contributed by atoms with Gasteiger partial charge in [-0.05, 0) is 49.9 Å². The van der Waals surface area contributed by atoms with Gasteiger partial charge >= 0.3 is 0 Å². The van der Waals surface area contributed by atoms with Crippen molar-refractivity contribution in [3.05, 3.63) is 28.8 Å². The summed E-state index contributed by atoms with van der Waals surface area (Å²) in [6.45, 7) is 7.03. The Bertz CT molecular complexity index is 431. The quantitative estimate of drug-likeness (QED) is 0.895. The van der Waals surface area contributed by atoms with Crippen molar-refractivity contribution in [2.75, 3.05) is 13.7 Å². The molecule has 0 aromatic heterocycles. The first-order chi connectivity index (χ1) is 8.52. The molecule has 3 nitrogen and oxygen atoms in total. The number of hydrogen-bond acceptors (Lipinski definition) is 3. The lowest BCUT2D eigenvalue weighted by Crippen LogP contribution is -2.22. The fraction of sp³-hybridized carbons (Fsp3) is 0.600. The maximum atomic E-state index is 6.40. The van der Waals surface area contributed by atoms with Crippen molar-refractivity contribution in [3.63, 3.8) is 0 Å². The minimum Gasteiger partial charge on any atom is -0.496 e. The highest BCUT2D eigenvalue weighted by molar-refractivity contribution is 5.43. The van der Waals surface area contributed by atoms with Crippen molar-refractivity contribution in [2.45, 2.75) is 39.3 Å². The monoisotopic (exact) mass is 249 g/mol. The molecule has 0 bridgehead atoms. The summed E-state index contributed by atoms with van der Waals surface area (Å²) in [5, 5.41) is 0. The van der Waals surface area contributed by atoms with Gasteiger partial charge in [-0.25, -0.2) is 0 Å². The molecule has 1 aliphatic heterocycles. The standard InChI is InChI=1S/C15H23NO2/c1-9-6-14(17-4)10(2)5-13(9)15(16)12-7-11(3)18-8-12/h5-6,11-12,15H,7-8,16H2,1-4H3. The van der Waals surface area contributed by atoms with Crippen LogP contribution in [-0.2, 0) is 4.74 Å². The Hall–Kier alpha value is -1.06. The van der Waals surface area contributed by atoms with Gasteiger partial charge in [-0.2, -0.15) is 0 Å². The largest absolute Gasteiger partial charge is 0.496 e. The van der Waals surface area contributed by atoms with Crippen LogP contribution >= 0.6 is 0 Å². The SMILES string of the molecule is COc1cc(C)c(C(N)C2COC(C)C2)cc1C. The number of aryl methyl sites for hydroxylation is 2. The molecule has 2 rings (SSSR count). The lowest BCUT2D eigenvalue weighted by Gasteiger charge is -2.21. The van der Waals surface area contributed by atoms with Gasteiger partial charge in [0.25, 0.3) is 0 Å². The molecule has 1 aliphatic rings. The fourth-order valence-corrected chi connectivity index (χ4v) is 2.75. The van der Waals surface area contributed by atoms with Crippen LogP contribution in [0.5, 0.6) is 5.75 Å². The zero-order valence-electron chi connectivity index (χ0n) is 11.7. The van der Waals surface area contributed by atoms with Crippen molar-refractivity contribution >= 4 is 0 Å². The summed E-state index contributed by atoms with van der Waals surface area (Å²) in [6, 6.07) is 4.28. The van der Waals surface area contributed by atoms with Crippen LogP contribution in [0, 0.1) is 19.8 Å². The molecule has 0 aliphatic carbocycles. The van der Waals surface area contributed by atoms with Crippen LogP contribution in [0.25, 0.3) is 0 Å². The average Bonchev–Trinajstić information content (AvgIpc) is 2.77. The Labute approximate surface area is 109 Å². The van der Waals surface area contributed by atoms with Crippen LogP contribution in [-0.4, -0.2) is 19.8 Å². The maximum absolute atomic E-state index is 6.40. The number of methoxy groups -OCH3 is 1. The predicted octanol–water partition coefficient (Wildman–Crippen LogP) is 2.74. The Morgan fingerprint density at radius 1 is 1.33 bits per heavy atom. The molecule has 100 valence electrons. The molecule has 0 spiro atoms. The predicted molar refractivity (Wildman–Crippen MR) is 72.9 cm³/mol. The van der Waals surface area contributed by atoms with Gasteiger partial charge in [0.1, 0.15) is 5.75 Å². The van der Waals surface area contributed by atoms with E-state index in [-0.39, 0.29) is 6.04 Å². The van der Waals surface area contributed by atoms with Crippen LogP contribution in [0.2, 0.25) is 0 Å². The lowest BCUT2D eigenvalue weighted by atomic mass is 9.88. The Kier molecular flexibility index (Phi) is 3.93. The summed E-state index contributed by atoms with van der Waals surface area (Å²) >= 11 is 0. The molecular weight excluding hydrogens is 226 g/mol. The molecule has 2 N–H and O–H groups in total. The number of benzene rings is 1. The number of rotatable bonds is 3. The normalized spacial score (nSPS) is 25.2. The van der Waals surface area contributed by atoms with E-state index in [1.54, 1.807) is 7.11 Å². The summed E-state index contributed by atoms with van der Waals surface area (Å²) < 4.78 is 11.0. The summed E-state index contributed by atoms with van der Waals surface area (Å²) in [5.41, 5.74) is 9.96. The molecule has 1 aromatic carbocycles. The second-order valence-electron chi connectivity index (χ2n) is 5.34. The van der Waals surface area contributed by atoms with Gasteiger partial charge in [0.15, 0.2) is 0 Å². The van der Waals surface area contributed by atoms with E-state index < -0.39 is 0 Å². The lowest BCUT2D eigenvalue weighted by molar-refractivity contribution is 0.118. The minimum atomic E-state index is 0.0551. The van der Waals surface area contributed by atoms with Crippen LogP contribution in [0.4, 0.5) is 0 Å². The zero-order chi connectivity index (χ0) is 13.3. The van der Waals surface area contributed by atoms with E-state index in [9.17, 15) is 0 Å². The van der Waals surface area contributed by atoms with Gasteiger partial charge in [-0.3, -0.25) is 0 Å². The topological polar surface area (TPSA) is 44.5 Å². The van der Waals surface area contributed by atoms with E-state index in [4.69, 9.17) is 15.2 Å². The van der Waals surface area contributed by atoms with Crippen LogP contribution in [0.3, 0.4) is 0 Å². The molecule has 3 unspecified atom stereocenters. The van der Waals surface area contributed by atoms with Crippen molar-refractivity contribution in [2.24, 2.45) is 11.7 Å². The third kappa shape index (κ3) is 2.52. The first-order valence-electron chi connectivity index (χ1n) is 6.55. The molecule has 3 heteroatoms. The number of ether oxygens (including phenoxy) is 2.